The van der Waals surface area contributed by atoms with Crippen LogP contribution in [0.1, 0.15) is 16.7 Å². The second kappa shape index (κ2) is 6.34. The Balaban J connectivity index is 1.99. The van der Waals surface area contributed by atoms with E-state index >= 15 is 0 Å². The van der Waals surface area contributed by atoms with E-state index in [2.05, 4.69) is 15.9 Å². The maximum atomic E-state index is 12.7. The summed E-state index contributed by atoms with van der Waals surface area (Å²) in [6.07, 6.45) is 1.75. The lowest BCUT2D eigenvalue weighted by molar-refractivity contribution is -0.113. The van der Waals surface area contributed by atoms with Crippen LogP contribution in [0.25, 0.3) is 6.08 Å². The third kappa shape index (κ3) is 3.12. The number of carbonyl (C=O) groups excluding carboxylic acids is 2. The Labute approximate surface area is 147 Å². The third-order valence-corrected chi connectivity index (χ3v) is 5.12. The van der Waals surface area contributed by atoms with Gasteiger partial charge in [-0.3, -0.25) is 9.59 Å². The Morgan fingerprint density at radius 3 is 2.57 bits per heavy atom. The number of anilines is 1. The first-order valence-corrected chi connectivity index (χ1v) is 8.68. The number of halogens is 1. The SMILES string of the molecule is Cc1cccc(N2C(=O)S/C(=C\c3cccc(Br)c3)C2=O)c1C. The molecule has 0 aliphatic carbocycles. The van der Waals surface area contributed by atoms with Crippen molar-refractivity contribution in [3.8, 4) is 0 Å². The second-order valence-electron chi connectivity index (χ2n) is 5.29. The van der Waals surface area contributed by atoms with Gasteiger partial charge in [-0.1, -0.05) is 40.2 Å². The van der Waals surface area contributed by atoms with Crippen molar-refractivity contribution in [2.75, 3.05) is 4.90 Å². The molecule has 1 fully saturated rings. The highest BCUT2D eigenvalue weighted by atomic mass is 79.9. The minimum absolute atomic E-state index is 0.259. The zero-order valence-electron chi connectivity index (χ0n) is 12.7. The highest BCUT2D eigenvalue weighted by Gasteiger charge is 2.37. The van der Waals surface area contributed by atoms with Crippen molar-refractivity contribution in [1.29, 1.82) is 0 Å². The summed E-state index contributed by atoms with van der Waals surface area (Å²) >= 11 is 4.38. The lowest BCUT2D eigenvalue weighted by Crippen LogP contribution is -2.28. The first kappa shape index (κ1) is 16.0. The number of imide groups is 1. The first-order chi connectivity index (χ1) is 11.0. The van der Waals surface area contributed by atoms with E-state index in [0.29, 0.717) is 10.6 Å². The van der Waals surface area contributed by atoms with E-state index in [4.69, 9.17) is 0 Å². The number of amides is 2. The van der Waals surface area contributed by atoms with Crippen LogP contribution in [-0.4, -0.2) is 11.1 Å². The van der Waals surface area contributed by atoms with E-state index in [-0.39, 0.29) is 11.1 Å². The lowest BCUT2D eigenvalue weighted by atomic mass is 10.1. The van der Waals surface area contributed by atoms with Crippen LogP contribution in [-0.2, 0) is 4.79 Å². The summed E-state index contributed by atoms with van der Waals surface area (Å²) in [4.78, 5) is 26.7. The summed E-state index contributed by atoms with van der Waals surface area (Å²) < 4.78 is 0.931. The van der Waals surface area contributed by atoms with Gasteiger partial charge in [-0.15, -0.1) is 0 Å². The van der Waals surface area contributed by atoms with Gasteiger partial charge in [-0.05, 0) is 66.6 Å². The maximum Gasteiger partial charge on any atom is 0.298 e. The Hall–Kier alpha value is -1.85. The summed E-state index contributed by atoms with van der Waals surface area (Å²) in [7, 11) is 0. The number of nitrogens with zero attached hydrogens (tertiary/aromatic N) is 1. The smallest absolute Gasteiger partial charge is 0.268 e. The van der Waals surface area contributed by atoms with Crippen LogP contribution in [0.4, 0.5) is 10.5 Å². The average molecular weight is 388 g/mol. The summed E-state index contributed by atoms with van der Waals surface area (Å²) in [5.41, 5.74) is 3.53. The van der Waals surface area contributed by atoms with Crippen molar-refractivity contribution in [3.63, 3.8) is 0 Å². The van der Waals surface area contributed by atoms with Crippen molar-refractivity contribution in [3.05, 3.63) is 68.5 Å². The number of hydrogen-bond acceptors (Lipinski definition) is 3. The molecule has 1 aliphatic heterocycles. The van der Waals surface area contributed by atoms with Crippen LogP contribution in [0, 0.1) is 13.8 Å². The van der Waals surface area contributed by atoms with Crippen molar-refractivity contribution < 1.29 is 9.59 Å². The van der Waals surface area contributed by atoms with E-state index in [0.717, 1.165) is 32.9 Å². The third-order valence-electron chi connectivity index (χ3n) is 3.76. The van der Waals surface area contributed by atoms with Gasteiger partial charge >= 0.3 is 0 Å². The molecular weight excluding hydrogens is 374 g/mol. The number of carbonyl (C=O) groups is 2. The van der Waals surface area contributed by atoms with Crippen molar-refractivity contribution in [2.24, 2.45) is 0 Å². The molecular formula is C18H14BrNO2S. The van der Waals surface area contributed by atoms with Crippen molar-refractivity contribution in [2.45, 2.75) is 13.8 Å². The molecule has 3 nitrogen and oxygen atoms in total. The van der Waals surface area contributed by atoms with Crippen molar-refractivity contribution in [1.82, 2.24) is 0 Å². The van der Waals surface area contributed by atoms with Crippen LogP contribution in [0.3, 0.4) is 0 Å². The van der Waals surface area contributed by atoms with Gasteiger partial charge in [0.05, 0.1) is 10.6 Å². The van der Waals surface area contributed by atoms with E-state index in [1.54, 1.807) is 12.1 Å². The monoisotopic (exact) mass is 387 g/mol. The van der Waals surface area contributed by atoms with Crippen LogP contribution < -0.4 is 4.90 Å². The fourth-order valence-corrected chi connectivity index (χ4v) is 3.65. The van der Waals surface area contributed by atoms with E-state index in [1.165, 1.54) is 4.90 Å². The highest BCUT2D eigenvalue weighted by Crippen LogP contribution is 2.37. The minimum Gasteiger partial charge on any atom is -0.268 e. The zero-order valence-corrected chi connectivity index (χ0v) is 15.1. The van der Waals surface area contributed by atoms with Gasteiger partial charge in [0, 0.05) is 4.47 Å². The molecule has 0 spiro atoms. The minimum atomic E-state index is -0.270. The molecule has 3 rings (SSSR count). The molecule has 1 heterocycles. The maximum absolute atomic E-state index is 12.7. The normalized spacial score (nSPS) is 16.5. The molecule has 0 radical (unpaired) electrons. The zero-order chi connectivity index (χ0) is 16.6. The molecule has 0 N–H and O–H groups in total. The Kier molecular flexibility index (Phi) is 4.41. The number of benzene rings is 2. The molecule has 0 bridgehead atoms. The standard InChI is InChI=1S/C18H14BrNO2S/c1-11-5-3-8-15(12(11)2)20-17(21)16(23-18(20)22)10-13-6-4-7-14(19)9-13/h3-10H,1-2H3/b16-10-. The number of thioether (sulfide) groups is 1. The second-order valence-corrected chi connectivity index (χ2v) is 7.20. The Morgan fingerprint density at radius 1 is 1.09 bits per heavy atom. The summed E-state index contributed by atoms with van der Waals surface area (Å²) in [6, 6.07) is 13.3. The van der Waals surface area contributed by atoms with Crippen LogP contribution >= 0.6 is 27.7 Å². The molecule has 2 aromatic carbocycles. The molecule has 2 aromatic rings. The first-order valence-electron chi connectivity index (χ1n) is 7.07. The Morgan fingerprint density at radius 2 is 1.83 bits per heavy atom. The van der Waals surface area contributed by atoms with Crippen LogP contribution in [0.5, 0.6) is 0 Å². The highest BCUT2D eigenvalue weighted by molar-refractivity contribution is 9.10. The molecule has 1 saturated heterocycles. The summed E-state index contributed by atoms with van der Waals surface area (Å²) in [5.74, 6) is -0.270. The summed E-state index contributed by atoms with van der Waals surface area (Å²) in [5, 5.41) is -0.259. The lowest BCUT2D eigenvalue weighted by Gasteiger charge is -2.16. The molecule has 0 aromatic heterocycles. The average Bonchev–Trinajstić information content (AvgIpc) is 2.77. The van der Waals surface area contributed by atoms with Gasteiger partial charge in [-0.2, -0.15) is 0 Å². The van der Waals surface area contributed by atoms with Crippen LogP contribution in [0.15, 0.2) is 51.8 Å². The van der Waals surface area contributed by atoms with E-state index in [9.17, 15) is 9.59 Å². The molecule has 23 heavy (non-hydrogen) atoms. The van der Waals surface area contributed by atoms with Gasteiger partial charge in [0.25, 0.3) is 11.1 Å². The number of rotatable bonds is 2. The van der Waals surface area contributed by atoms with Crippen LogP contribution in [0.2, 0.25) is 0 Å². The van der Waals surface area contributed by atoms with Gasteiger partial charge in [0.1, 0.15) is 0 Å². The van der Waals surface area contributed by atoms with Gasteiger partial charge in [-0.25, -0.2) is 4.90 Å². The molecule has 116 valence electrons. The molecule has 5 heteroatoms. The predicted molar refractivity (Wildman–Crippen MR) is 98.5 cm³/mol. The number of hydrogen-bond donors (Lipinski definition) is 0. The van der Waals surface area contributed by atoms with Gasteiger partial charge in [0.2, 0.25) is 0 Å². The molecule has 0 saturated carbocycles. The predicted octanol–water partition coefficient (Wildman–Crippen LogP) is 5.31. The topological polar surface area (TPSA) is 37.4 Å². The number of aryl methyl sites for hydroxylation is 1. The van der Waals surface area contributed by atoms with Crippen molar-refractivity contribution >= 4 is 50.6 Å². The molecule has 0 atom stereocenters. The van der Waals surface area contributed by atoms with E-state index in [1.807, 2.05) is 50.2 Å². The van der Waals surface area contributed by atoms with E-state index < -0.39 is 0 Å². The van der Waals surface area contributed by atoms with Gasteiger partial charge < -0.3 is 0 Å². The Bertz CT molecular complexity index is 845. The molecule has 0 unspecified atom stereocenters. The molecule has 2 amide bonds. The quantitative estimate of drug-likeness (QED) is 0.655. The largest absolute Gasteiger partial charge is 0.298 e. The molecule has 1 aliphatic rings. The fourth-order valence-electron chi connectivity index (χ4n) is 2.40. The van der Waals surface area contributed by atoms with Gasteiger partial charge in [0.15, 0.2) is 0 Å². The summed E-state index contributed by atoms with van der Waals surface area (Å²) in [6.45, 7) is 3.89. The fraction of sp³-hybridized carbons (Fsp3) is 0.111.